The van der Waals surface area contributed by atoms with E-state index < -0.39 is 12.2 Å². The van der Waals surface area contributed by atoms with Crippen molar-refractivity contribution in [2.24, 2.45) is 5.92 Å². The number of carbonyl (C=O) groups is 2. The van der Waals surface area contributed by atoms with Gasteiger partial charge in [0.2, 0.25) is 23.6 Å². The van der Waals surface area contributed by atoms with E-state index in [2.05, 4.69) is 20.3 Å². The van der Waals surface area contributed by atoms with Crippen molar-refractivity contribution in [3.05, 3.63) is 36.2 Å². The third-order valence-electron chi connectivity index (χ3n) is 7.23. The van der Waals surface area contributed by atoms with E-state index in [1.807, 2.05) is 4.90 Å². The van der Waals surface area contributed by atoms with E-state index in [9.17, 15) is 18.4 Å². The van der Waals surface area contributed by atoms with Crippen LogP contribution in [-0.2, 0) is 14.3 Å². The highest BCUT2D eigenvalue weighted by Gasteiger charge is 2.29. The zero-order valence-corrected chi connectivity index (χ0v) is 22.6. The lowest BCUT2D eigenvalue weighted by Gasteiger charge is -2.29. The monoisotopic (exact) mass is 557 g/mol. The fourth-order valence-electron chi connectivity index (χ4n) is 4.99. The fraction of sp³-hybridized carbons (Fsp3) is 0.519. The number of nitrogens with one attached hydrogen (secondary N) is 1. The molecule has 1 N–H and O–H groups in total. The molecular weight excluding hydrogens is 524 g/mol. The Morgan fingerprint density at radius 2 is 1.82 bits per heavy atom. The number of benzene rings is 1. The number of morpholine rings is 1. The number of hydrogen-bond donors (Lipinski definition) is 1. The highest BCUT2D eigenvalue weighted by atomic mass is 19.3. The molecule has 1 aliphatic heterocycles. The fourth-order valence-corrected chi connectivity index (χ4v) is 4.99. The third-order valence-corrected chi connectivity index (χ3v) is 7.23. The molecule has 0 spiro atoms. The molecular formula is C27H33F2N7O4. The van der Waals surface area contributed by atoms with Gasteiger partial charge in [0.05, 0.1) is 30.8 Å². The molecule has 2 fully saturated rings. The standard InChI is InChI=1S/C27H33F2N7O4/c1-34(2)23(37)16-30-26(38)17-7-9-18(10-8-17)40-22-15-21(32-27(33-22)35-11-13-39-14-12-35)36-20-6-4-3-5-19(20)31-25(36)24(28)29/h3-6,15,17-18,24H,7-14,16H2,1-2H3,(H,30,38)/t17-,18-. The molecule has 40 heavy (non-hydrogen) atoms. The summed E-state index contributed by atoms with van der Waals surface area (Å²) in [7, 11) is 3.29. The van der Waals surface area contributed by atoms with Crippen LogP contribution in [0, 0.1) is 5.92 Å². The predicted molar refractivity (Wildman–Crippen MR) is 143 cm³/mol. The number of hydrogen-bond acceptors (Lipinski definition) is 8. The number of carbonyl (C=O) groups excluding carboxylic acids is 2. The molecule has 11 nitrogen and oxygen atoms in total. The van der Waals surface area contributed by atoms with E-state index in [-0.39, 0.29) is 42.1 Å². The van der Waals surface area contributed by atoms with Crippen LogP contribution in [0.15, 0.2) is 30.3 Å². The number of fused-ring (bicyclic) bond motifs is 1. The Kier molecular flexibility index (Phi) is 8.38. The summed E-state index contributed by atoms with van der Waals surface area (Å²) < 4.78 is 41.3. The van der Waals surface area contributed by atoms with Gasteiger partial charge < -0.3 is 24.6 Å². The summed E-state index contributed by atoms with van der Waals surface area (Å²) in [5.41, 5.74) is 0.949. The molecule has 2 aliphatic rings. The maximum atomic E-state index is 14.1. The average molecular weight is 558 g/mol. The summed E-state index contributed by atoms with van der Waals surface area (Å²) in [6.45, 7) is 2.11. The van der Waals surface area contributed by atoms with Crippen molar-refractivity contribution in [1.29, 1.82) is 0 Å². The van der Waals surface area contributed by atoms with Crippen molar-refractivity contribution in [3.8, 4) is 11.7 Å². The minimum atomic E-state index is -2.81. The van der Waals surface area contributed by atoms with Gasteiger partial charge in [0.1, 0.15) is 11.9 Å². The number of ether oxygens (including phenoxy) is 2. The Morgan fingerprint density at radius 1 is 1.10 bits per heavy atom. The molecule has 1 saturated carbocycles. The Morgan fingerprint density at radius 3 is 2.52 bits per heavy atom. The molecule has 214 valence electrons. The van der Waals surface area contributed by atoms with Crippen LogP contribution in [-0.4, -0.2) is 89.3 Å². The Hall–Kier alpha value is -3.87. The molecule has 2 aromatic heterocycles. The average Bonchev–Trinajstić information content (AvgIpc) is 3.36. The molecule has 0 atom stereocenters. The minimum Gasteiger partial charge on any atom is -0.474 e. The lowest BCUT2D eigenvalue weighted by Crippen LogP contribution is -2.40. The van der Waals surface area contributed by atoms with Crippen LogP contribution in [0.1, 0.15) is 37.9 Å². The van der Waals surface area contributed by atoms with Gasteiger partial charge >= 0.3 is 0 Å². The van der Waals surface area contributed by atoms with Crippen molar-refractivity contribution >= 4 is 28.8 Å². The number of amides is 2. The summed E-state index contributed by atoms with van der Waals surface area (Å²) in [6.07, 6.45) is -0.592. The first-order valence-corrected chi connectivity index (χ1v) is 13.4. The van der Waals surface area contributed by atoms with Crippen LogP contribution in [0.25, 0.3) is 16.9 Å². The second-order valence-corrected chi connectivity index (χ2v) is 10.2. The number of halogens is 2. The van der Waals surface area contributed by atoms with Gasteiger partial charge in [-0.1, -0.05) is 12.1 Å². The molecule has 0 unspecified atom stereocenters. The maximum Gasteiger partial charge on any atom is 0.296 e. The Balaban J connectivity index is 1.37. The number of likely N-dealkylation sites (N-methyl/N-ethyl adjacent to an activating group) is 1. The topological polar surface area (TPSA) is 115 Å². The molecule has 13 heteroatoms. The summed E-state index contributed by atoms with van der Waals surface area (Å²) in [6, 6.07) is 8.49. The molecule has 3 heterocycles. The molecule has 3 aromatic rings. The lowest BCUT2D eigenvalue weighted by molar-refractivity contribution is -0.132. The molecule has 1 aliphatic carbocycles. The van der Waals surface area contributed by atoms with Crippen molar-refractivity contribution in [2.45, 2.75) is 38.2 Å². The Bertz CT molecular complexity index is 1350. The van der Waals surface area contributed by atoms with E-state index in [0.717, 1.165) is 0 Å². The van der Waals surface area contributed by atoms with E-state index in [1.165, 1.54) is 9.47 Å². The van der Waals surface area contributed by atoms with Gasteiger partial charge in [-0.25, -0.2) is 13.8 Å². The second kappa shape index (κ2) is 12.1. The molecule has 2 amide bonds. The first-order chi connectivity index (χ1) is 19.3. The van der Waals surface area contributed by atoms with Crippen LogP contribution in [0.4, 0.5) is 14.7 Å². The van der Waals surface area contributed by atoms with Crippen LogP contribution in [0.5, 0.6) is 5.88 Å². The van der Waals surface area contributed by atoms with Gasteiger partial charge in [-0.3, -0.25) is 14.2 Å². The third kappa shape index (κ3) is 6.14. The van der Waals surface area contributed by atoms with E-state index in [0.29, 0.717) is 69.0 Å². The van der Waals surface area contributed by atoms with Crippen molar-refractivity contribution in [2.75, 3.05) is 51.8 Å². The van der Waals surface area contributed by atoms with Gasteiger partial charge in [0, 0.05) is 39.2 Å². The molecule has 0 radical (unpaired) electrons. The van der Waals surface area contributed by atoms with Crippen molar-refractivity contribution in [1.82, 2.24) is 29.7 Å². The largest absolute Gasteiger partial charge is 0.474 e. The number of alkyl halides is 2. The highest BCUT2D eigenvalue weighted by Crippen LogP contribution is 2.32. The second-order valence-electron chi connectivity index (χ2n) is 10.2. The predicted octanol–water partition coefficient (Wildman–Crippen LogP) is 2.73. The maximum absolute atomic E-state index is 14.1. The van der Waals surface area contributed by atoms with Crippen LogP contribution in [0.2, 0.25) is 0 Å². The van der Waals surface area contributed by atoms with E-state index in [4.69, 9.17) is 9.47 Å². The van der Waals surface area contributed by atoms with Gasteiger partial charge in [0.25, 0.3) is 6.43 Å². The number of rotatable bonds is 8. The Labute approximate surface area is 230 Å². The zero-order valence-electron chi connectivity index (χ0n) is 22.6. The molecule has 5 rings (SSSR count). The summed E-state index contributed by atoms with van der Waals surface area (Å²) >= 11 is 0. The van der Waals surface area contributed by atoms with E-state index in [1.54, 1.807) is 44.4 Å². The quantitative estimate of drug-likeness (QED) is 0.450. The number of nitrogens with zero attached hydrogens (tertiary/aromatic N) is 6. The van der Waals surface area contributed by atoms with Crippen LogP contribution < -0.4 is 15.0 Å². The van der Waals surface area contributed by atoms with Crippen molar-refractivity contribution in [3.63, 3.8) is 0 Å². The smallest absolute Gasteiger partial charge is 0.296 e. The first kappa shape index (κ1) is 27.7. The zero-order chi connectivity index (χ0) is 28.2. The van der Waals surface area contributed by atoms with Gasteiger partial charge in [-0.2, -0.15) is 9.97 Å². The summed E-state index contributed by atoms with van der Waals surface area (Å²) in [5, 5.41) is 2.72. The highest BCUT2D eigenvalue weighted by molar-refractivity contribution is 5.85. The van der Waals surface area contributed by atoms with E-state index >= 15 is 0 Å². The van der Waals surface area contributed by atoms with Gasteiger partial charge in [0.15, 0.2) is 5.82 Å². The minimum absolute atomic E-state index is 0.0279. The number of para-hydroxylation sites is 2. The van der Waals surface area contributed by atoms with Crippen molar-refractivity contribution < 1.29 is 27.8 Å². The molecule has 0 bridgehead atoms. The summed E-state index contributed by atoms with van der Waals surface area (Å²) in [4.78, 5) is 41.2. The number of aromatic nitrogens is 4. The SMILES string of the molecule is CN(C)C(=O)CNC(=O)[C@H]1CC[C@H](Oc2cc(-n3c(C(F)F)nc4ccccc43)nc(N3CCOCC3)n2)CC1. The molecule has 1 aromatic carbocycles. The van der Waals surface area contributed by atoms with Gasteiger partial charge in [-0.05, 0) is 37.8 Å². The lowest BCUT2D eigenvalue weighted by atomic mass is 9.87. The first-order valence-electron chi connectivity index (χ1n) is 13.4. The number of imidazole rings is 1. The van der Waals surface area contributed by atoms with Crippen LogP contribution >= 0.6 is 0 Å². The summed E-state index contributed by atoms with van der Waals surface area (Å²) in [5.74, 6) is -0.0279. The van der Waals surface area contributed by atoms with Gasteiger partial charge in [-0.15, -0.1) is 0 Å². The number of anilines is 1. The normalized spacial score (nSPS) is 19.6. The van der Waals surface area contributed by atoms with Crippen LogP contribution in [0.3, 0.4) is 0 Å². The molecule has 1 saturated heterocycles.